The number of hydrogen-bond donors (Lipinski definition) is 3. The van der Waals surface area contributed by atoms with E-state index < -0.39 is 5.91 Å². The molecule has 0 aliphatic carbocycles. The van der Waals surface area contributed by atoms with Gasteiger partial charge in [-0.2, -0.15) is 0 Å². The highest BCUT2D eigenvalue weighted by molar-refractivity contribution is 9.10. The summed E-state index contributed by atoms with van der Waals surface area (Å²) in [5, 5.41) is 3.55. The van der Waals surface area contributed by atoms with Crippen molar-refractivity contribution in [2.45, 2.75) is 0 Å². The van der Waals surface area contributed by atoms with Crippen LogP contribution in [0.4, 0.5) is 17.2 Å². The molecule has 5 nitrogen and oxygen atoms in total. The Labute approximate surface area is 123 Å². The Morgan fingerprint density at radius 2 is 2.05 bits per heavy atom. The summed E-state index contributed by atoms with van der Waals surface area (Å²) in [5.41, 5.74) is 12.2. The van der Waals surface area contributed by atoms with Crippen molar-refractivity contribution in [3.8, 4) is 0 Å². The van der Waals surface area contributed by atoms with Gasteiger partial charge in [-0.15, -0.1) is 0 Å². The number of aromatic nitrogens is 1. The highest BCUT2D eigenvalue weighted by Crippen LogP contribution is 2.32. The molecular formula is C12H10BrClN4O. The Kier molecular flexibility index (Phi) is 3.92. The molecule has 98 valence electrons. The molecule has 0 unspecified atom stereocenters. The first-order valence-electron chi connectivity index (χ1n) is 5.26. The normalized spacial score (nSPS) is 10.2. The van der Waals surface area contributed by atoms with Gasteiger partial charge in [0.15, 0.2) is 5.82 Å². The van der Waals surface area contributed by atoms with Gasteiger partial charge < -0.3 is 16.8 Å². The summed E-state index contributed by atoms with van der Waals surface area (Å²) in [7, 11) is 0. The summed E-state index contributed by atoms with van der Waals surface area (Å²) in [6.45, 7) is 0. The monoisotopic (exact) mass is 340 g/mol. The predicted octanol–water partition coefficient (Wildman–Crippen LogP) is 2.92. The van der Waals surface area contributed by atoms with Gasteiger partial charge >= 0.3 is 0 Å². The molecule has 0 aliphatic rings. The molecule has 1 amide bonds. The molecule has 1 heterocycles. The Bertz CT molecular complexity index is 648. The average molecular weight is 342 g/mol. The lowest BCUT2D eigenvalue weighted by atomic mass is 10.3. The molecule has 0 saturated carbocycles. The van der Waals surface area contributed by atoms with E-state index in [1.165, 1.54) is 6.07 Å². The van der Waals surface area contributed by atoms with E-state index in [0.29, 0.717) is 26.7 Å². The number of rotatable bonds is 3. The number of nitrogens with two attached hydrogens (primary N) is 2. The maximum Gasteiger partial charge on any atom is 0.267 e. The van der Waals surface area contributed by atoms with Gasteiger partial charge in [0, 0.05) is 0 Å². The third-order valence-corrected chi connectivity index (χ3v) is 3.78. The molecule has 0 radical (unpaired) electrons. The van der Waals surface area contributed by atoms with E-state index in [2.05, 4.69) is 26.2 Å². The number of nitrogens with zero attached hydrogens (tertiary/aromatic N) is 1. The minimum atomic E-state index is -0.617. The molecule has 7 heteroatoms. The summed E-state index contributed by atoms with van der Waals surface area (Å²) in [5.74, 6) is -0.271. The van der Waals surface area contributed by atoms with E-state index in [0.717, 1.165) is 0 Å². The van der Waals surface area contributed by atoms with E-state index in [1.807, 2.05) is 0 Å². The topological polar surface area (TPSA) is 94.0 Å². The first-order chi connectivity index (χ1) is 8.99. The fourth-order valence-corrected chi connectivity index (χ4v) is 1.97. The molecule has 0 atom stereocenters. The highest BCUT2D eigenvalue weighted by Gasteiger charge is 2.10. The minimum absolute atomic E-state index is 0.134. The van der Waals surface area contributed by atoms with Gasteiger partial charge in [0.2, 0.25) is 0 Å². The molecule has 0 fully saturated rings. The molecule has 2 aromatic rings. The van der Waals surface area contributed by atoms with Gasteiger partial charge in [-0.3, -0.25) is 4.79 Å². The van der Waals surface area contributed by atoms with Crippen LogP contribution in [0.2, 0.25) is 5.02 Å². The maximum atomic E-state index is 11.1. The van der Waals surface area contributed by atoms with Gasteiger partial charge in [-0.25, -0.2) is 4.98 Å². The number of amides is 1. The van der Waals surface area contributed by atoms with Crippen molar-refractivity contribution in [3.05, 3.63) is 45.5 Å². The largest absolute Gasteiger partial charge is 0.396 e. The number of carbonyl (C=O) groups excluding carboxylic acids is 1. The standard InChI is InChI=1S/C12H10BrClN4O/c13-10-6(14)2-1-3-8(10)17-12-7(15)4-5-9(18-12)11(16)19/h1-5H,15H2,(H2,16,19)(H,17,18). The predicted molar refractivity (Wildman–Crippen MR) is 79.6 cm³/mol. The van der Waals surface area contributed by atoms with Crippen LogP contribution in [-0.4, -0.2) is 10.9 Å². The zero-order valence-electron chi connectivity index (χ0n) is 9.65. The number of nitrogen functional groups attached to an aromatic ring is 1. The number of benzene rings is 1. The quantitative estimate of drug-likeness (QED) is 0.800. The van der Waals surface area contributed by atoms with Gasteiger partial charge in [0.1, 0.15) is 5.69 Å². The van der Waals surface area contributed by atoms with Crippen molar-refractivity contribution in [2.75, 3.05) is 11.1 Å². The molecule has 1 aromatic heterocycles. The second kappa shape index (κ2) is 5.46. The van der Waals surface area contributed by atoms with Crippen molar-refractivity contribution < 1.29 is 4.79 Å². The fourth-order valence-electron chi connectivity index (χ4n) is 1.44. The Morgan fingerprint density at radius 3 is 2.74 bits per heavy atom. The van der Waals surface area contributed by atoms with Crippen LogP contribution in [0.1, 0.15) is 10.5 Å². The third-order valence-electron chi connectivity index (χ3n) is 2.38. The van der Waals surface area contributed by atoms with Crippen LogP contribution in [-0.2, 0) is 0 Å². The zero-order valence-corrected chi connectivity index (χ0v) is 12.0. The molecule has 1 aromatic carbocycles. The molecule has 5 N–H and O–H groups in total. The smallest absolute Gasteiger partial charge is 0.267 e. The van der Waals surface area contributed by atoms with Crippen LogP contribution >= 0.6 is 27.5 Å². The van der Waals surface area contributed by atoms with Gasteiger partial charge in [0.05, 0.1) is 20.9 Å². The summed E-state index contributed by atoms with van der Waals surface area (Å²) in [6, 6.07) is 8.36. The van der Waals surface area contributed by atoms with Crippen molar-refractivity contribution in [1.29, 1.82) is 0 Å². The van der Waals surface area contributed by atoms with Crippen LogP contribution in [0.25, 0.3) is 0 Å². The van der Waals surface area contributed by atoms with Gasteiger partial charge in [-0.1, -0.05) is 17.7 Å². The number of pyridine rings is 1. The molecule has 2 rings (SSSR count). The number of primary amides is 1. The van der Waals surface area contributed by atoms with Crippen LogP contribution in [0, 0.1) is 0 Å². The molecule has 19 heavy (non-hydrogen) atoms. The molecule has 0 spiro atoms. The number of nitrogens with one attached hydrogen (secondary N) is 1. The second-order valence-corrected chi connectivity index (χ2v) is 4.93. The van der Waals surface area contributed by atoms with E-state index in [4.69, 9.17) is 23.1 Å². The minimum Gasteiger partial charge on any atom is -0.396 e. The SMILES string of the molecule is NC(=O)c1ccc(N)c(Nc2cccc(Cl)c2Br)n1. The van der Waals surface area contributed by atoms with Crippen molar-refractivity contribution in [2.24, 2.45) is 5.73 Å². The first kappa shape index (κ1) is 13.6. The lowest BCUT2D eigenvalue weighted by Crippen LogP contribution is -2.14. The van der Waals surface area contributed by atoms with E-state index in [-0.39, 0.29) is 5.69 Å². The Hall–Kier alpha value is -1.79. The zero-order chi connectivity index (χ0) is 14.0. The molecular weight excluding hydrogens is 332 g/mol. The highest BCUT2D eigenvalue weighted by atomic mass is 79.9. The van der Waals surface area contributed by atoms with Crippen molar-refractivity contribution in [3.63, 3.8) is 0 Å². The summed E-state index contributed by atoms with van der Waals surface area (Å²) >= 11 is 9.34. The molecule has 0 saturated heterocycles. The third kappa shape index (κ3) is 2.97. The van der Waals surface area contributed by atoms with Crippen LogP contribution in [0.5, 0.6) is 0 Å². The number of carbonyl (C=O) groups is 1. The van der Waals surface area contributed by atoms with Crippen molar-refractivity contribution >= 4 is 50.6 Å². The van der Waals surface area contributed by atoms with Gasteiger partial charge in [-0.05, 0) is 40.2 Å². The van der Waals surface area contributed by atoms with E-state index in [1.54, 1.807) is 24.3 Å². The van der Waals surface area contributed by atoms with E-state index in [9.17, 15) is 4.79 Å². The number of hydrogen-bond acceptors (Lipinski definition) is 4. The number of anilines is 3. The van der Waals surface area contributed by atoms with Crippen LogP contribution < -0.4 is 16.8 Å². The first-order valence-corrected chi connectivity index (χ1v) is 6.43. The lowest BCUT2D eigenvalue weighted by Gasteiger charge is -2.11. The summed E-state index contributed by atoms with van der Waals surface area (Å²) in [6.07, 6.45) is 0. The maximum absolute atomic E-state index is 11.1. The average Bonchev–Trinajstić information content (AvgIpc) is 2.37. The van der Waals surface area contributed by atoms with Crippen LogP contribution in [0.3, 0.4) is 0 Å². The van der Waals surface area contributed by atoms with Gasteiger partial charge in [0.25, 0.3) is 5.91 Å². The summed E-state index contributed by atoms with van der Waals surface area (Å²) < 4.78 is 0.683. The Morgan fingerprint density at radius 1 is 1.32 bits per heavy atom. The molecule has 0 bridgehead atoms. The fraction of sp³-hybridized carbons (Fsp3) is 0. The lowest BCUT2D eigenvalue weighted by molar-refractivity contribution is 0.0996. The molecule has 0 aliphatic heterocycles. The number of halogens is 2. The van der Waals surface area contributed by atoms with E-state index >= 15 is 0 Å². The van der Waals surface area contributed by atoms with Crippen LogP contribution in [0.15, 0.2) is 34.8 Å². The second-order valence-electron chi connectivity index (χ2n) is 3.72. The summed E-state index contributed by atoms with van der Waals surface area (Å²) in [4.78, 5) is 15.2. The van der Waals surface area contributed by atoms with Crippen molar-refractivity contribution in [1.82, 2.24) is 4.98 Å². The Balaban J connectivity index is 2.40.